The van der Waals surface area contributed by atoms with Gasteiger partial charge in [-0.3, -0.25) is 4.79 Å². The number of aromatic carboxylic acids is 1. The van der Waals surface area contributed by atoms with Crippen molar-refractivity contribution >= 4 is 17.6 Å². The Labute approximate surface area is 168 Å². The van der Waals surface area contributed by atoms with Crippen molar-refractivity contribution in [2.75, 3.05) is 5.32 Å². The second-order valence-electron chi connectivity index (χ2n) is 7.59. The van der Waals surface area contributed by atoms with Gasteiger partial charge in [0.15, 0.2) is 0 Å². The zero-order chi connectivity index (χ0) is 21.7. The van der Waals surface area contributed by atoms with Crippen molar-refractivity contribution < 1.29 is 37.0 Å². The van der Waals surface area contributed by atoms with Crippen LogP contribution in [-0.2, 0) is 16.4 Å². The van der Waals surface area contributed by atoms with Crippen molar-refractivity contribution in [3.05, 3.63) is 58.9 Å². The Morgan fingerprint density at radius 1 is 1.13 bits per heavy atom. The molecule has 0 atom stereocenters. The first-order chi connectivity index (χ1) is 14.1. The minimum absolute atomic E-state index is 0.0717. The van der Waals surface area contributed by atoms with Crippen molar-refractivity contribution in [3.8, 4) is 5.75 Å². The maximum Gasteiger partial charge on any atom is 0.416 e. The van der Waals surface area contributed by atoms with Crippen LogP contribution in [0.2, 0.25) is 0 Å². The van der Waals surface area contributed by atoms with Crippen LogP contribution in [0.15, 0.2) is 36.4 Å². The number of fused-ring (bicyclic) bond motifs is 2. The molecule has 1 aliphatic carbocycles. The van der Waals surface area contributed by atoms with Crippen molar-refractivity contribution in [3.63, 3.8) is 0 Å². The fraction of sp³-hybridized carbons (Fsp3) is 0.333. The van der Waals surface area contributed by atoms with Crippen molar-refractivity contribution in [1.82, 2.24) is 0 Å². The number of hydrogen-bond donors (Lipinski definition) is 2. The van der Waals surface area contributed by atoms with Gasteiger partial charge in [0, 0.05) is 11.8 Å². The fourth-order valence-electron chi connectivity index (χ4n) is 4.23. The Kier molecular flexibility index (Phi) is 4.71. The van der Waals surface area contributed by atoms with Crippen molar-refractivity contribution in [2.45, 2.75) is 43.4 Å². The van der Waals surface area contributed by atoms with Gasteiger partial charge in [-0.15, -0.1) is 0 Å². The van der Waals surface area contributed by atoms with Gasteiger partial charge in [0.05, 0.1) is 22.6 Å². The molecule has 2 aromatic carbocycles. The Bertz CT molecular complexity index is 1030. The number of alkyl halides is 3. The standard InChI is InChI=1S/C21H17F4NO4/c22-13-8-12(21(23,24)25)9-15(10-13)30-14-3-5-20(6-4-14)16-7-11(18(27)28)1-2-17(16)26-19(20)29/h1-2,7-10,14H,3-6H2,(H,26,29)(H,27,28)/t14-,20-. The van der Waals surface area contributed by atoms with E-state index in [2.05, 4.69) is 5.32 Å². The SMILES string of the molecule is O=C(O)c1ccc2c(c1)[C@]1(CC[C@@H](Oc3cc(F)cc(C(F)(F)F)c3)CC1)C(=O)N2. The van der Waals surface area contributed by atoms with Crippen LogP contribution in [0, 0.1) is 5.82 Å². The van der Waals surface area contributed by atoms with Crippen LogP contribution in [0.25, 0.3) is 0 Å². The lowest BCUT2D eigenvalue weighted by molar-refractivity contribution is -0.138. The molecule has 30 heavy (non-hydrogen) atoms. The van der Waals surface area contributed by atoms with Crippen LogP contribution in [0.5, 0.6) is 5.75 Å². The van der Waals surface area contributed by atoms with E-state index in [1.54, 1.807) is 6.07 Å². The Morgan fingerprint density at radius 3 is 2.47 bits per heavy atom. The first kappa shape index (κ1) is 20.2. The molecule has 2 aliphatic rings. The summed E-state index contributed by atoms with van der Waals surface area (Å²) in [6.07, 6.45) is -3.81. The molecule has 1 heterocycles. The summed E-state index contributed by atoms with van der Waals surface area (Å²) >= 11 is 0. The molecule has 4 rings (SSSR count). The maximum atomic E-state index is 13.6. The van der Waals surface area contributed by atoms with Gasteiger partial charge in [0.25, 0.3) is 0 Å². The minimum Gasteiger partial charge on any atom is -0.490 e. The summed E-state index contributed by atoms with van der Waals surface area (Å²) in [5.74, 6) is -2.59. The molecule has 1 fully saturated rings. The van der Waals surface area contributed by atoms with E-state index in [0.29, 0.717) is 43.0 Å². The van der Waals surface area contributed by atoms with Crippen LogP contribution < -0.4 is 10.1 Å². The number of anilines is 1. The molecule has 5 nitrogen and oxygen atoms in total. The van der Waals surface area contributed by atoms with E-state index in [4.69, 9.17) is 4.74 Å². The third-order valence-corrected chi connectivity index (χ3v) is 5.75. The second kappa shape index (κ2) is 7.00. The van der Waals surface area contributed by atoms with Gasteiger partial charge in [-0.25, -0.2) is 9.18 Å². The summed E-state index contributed by atoms with van der Waals surface area (Å²) in [5, 5.41) is 12.0. The van der Waals surface area contributed by atoms with Crippen molar-refractivity contribution in [2.24, 2.45) is 0 Å². The molecule has 1 spiro atoms. The second-order valence-corrected chi connectivity index (χ2v) is 7.59. The molecule has 1 saturated carbocycles. The molecule has 158 valence electrons. The molecule has 0 unspecified atom stereocenters. The summed E-state index contributed by atoms with van der Waals surface area (Å²) < 4.78 is 57.9. The Morgan fingerprint density at radius 2 is 1.83 bits per heavy atom. The highest BCUT2D eigenvalue weighted by molar-refractivity contribution is 6.07. The number of hydrogen-bond acceptors (Lipinski definition) is 3. The van der Waals surface area contributed by atoms with Gasteiger partial charge in [-0.1, -0.05) is 0 Å². The van der Waals surface area contributed by atoms with Gasteiger partial charge in [-0.2, -0.15) is 13.2 Å². The number of rotatable bonds is 3. The van der Waals surface area contributed by atoms with Crippen LogP contribution in [-0.4, -0.2) is 23.1 Å². The average molecular weight is 423 g/mol. The largest absolute Gasteiger partial charge is 0.490 e. The predicted octanol–water partition coefficient (Wildman–Crippen LogP) is 4.75. The maximum absolute atomic E-state index is 13.6. The zero-order valence-corrected chi connectivity index (χ0v) is 15.6. The summed E-state index contributed by atoms with van der Waals surface area (Å²) in [6, 6.07) is 6.51. The molecule has 2 N–H and O–H groups in total. The smallest absolute Gasteiger partial charge is 0.416 e. The minimum atomic E-state index is -4.69. The molecule has 0 bridgehead atoms. The van der Waals surface area contributed by atoms with E-state index < -0.39 is 35.0 Å². The number of benzene rings is 2. The lowest BCUT2D eigenvalue weighted by Crippen LogP contribution is -2.41. The molecule has 1 amide bonds. The van der Waals surface area contributed by atoms with Crippen LogP contribution in [0.4, 0.5) is 23.2 Å². The molecule has 1 aliphatic heterocycles. The highest BCUT2D eigenvalue weighted by Gasteiger charge is 2.49. The summed E-state index contributed by atoms with van der Waals surface area (Å²) in [6.45, 7) is 0. The number of carbonyl (C=O) groups excluding carboxylic acids is 1. The van der Waals surface area contributed by atoms with Gasteiger partial charge in [0.1, 0.15) is 11.6 Å². The quantitative estimate of drug-likeness (QED) is 0.699. The molecule has 0 radical (unpaired) electrons. The molecular weight excluding hydrogens is 406 g/mol. The van der Waals surface area contributed by atoms with E-state index in [-0.39, 0.29) is 17.2 Å². The number of carboxylic acids is 1. The van der Waals surface area contributed by atoms with Crippen LogP contribution in [0.3, 0.4) is 0 Å². The van der Waals surface area contributed by atoms with Gasteiger partial charge in [-0.05, 0) is 61.6 Å². The van der Waals surface area contributed by atoms with Gasteiger partial charge >= 0.3 is 12.1 Å². The number of carbonyl (C=O) groups is 2. The van der Waals surface area contributed by atoms with E-state index in [9.17, 15) is 32.3 Å². The monoisotopic (exact) mass is 423 g/mol. The predicted molar refractivity (Wildman–Crippen MR) is 98.0 cm³/mol. The summed E-state index contributed by atoms with van der Waals surface area (Å²) in [7, 11) is 0. The highest BCUT2D eigenvalue weighted by Crippen LogP contribution is 2.48. The van der Waals surface area contributed by atoms with E-state index >= 15 is 0 Å². The Hall–Kier alpha value is -3.10. The number of nitrogens with one attached hydrogen (secondary N) is 1. The van der Waals surface area contributed by atoms with Crippen LogP contribution >= 0.6 is 0 Å². The third kappa shape index (κ3) is 3.48. The van der Waals surface area contributed by atoms with Crippen molar-refractivity contribution in [1.29, 1.82) is 0 Å². The van der Waals surface area contributed by atoms with Gasteiger partial charge < -0.3 is 15.2 Å². The third-order valence-electron chi connectivity index (χ3n) is 5.75. The van der Waals surface area contributed by atoms with E-state index in [1.807, 2.05) is 0 Å². The molecule has 0 aromatic heterocycles. The average Bonchev–Trinajstić information content (AvgIpc) is 2.93. The normalized spacial score (nSPS) is 23.2. The number of ether oxygens (including phenoxy) is 1. The topological polar surface area (TPSA) is 75.6 Å². The van der Waals surface area contributed by atoms with E-state index in [1.165, 1.54) is 12.1 Å². The molecule has 2 aromatic rings. The molecule has 9 heteroatoms. The first-order valence-electron chi connectivity index (χ1n) is 9.32. The number of amides is 1. The highest BCUT2D eigenvalue weighted by atomic mass is 19.4. The molecule has 0 saturated heterocycles. The number of halogens is 4. The fourth-order valence-corrected chi connectivity index (χ4v) is 4.23. The lowest BCUT2D eigenvalue weighted by atomic mass is 9.69. The van der Waals surface area contributed by atoms with Gasteiger partial charge in [0.2, 0.25) is 5.91 Å². The lowest BCUT2D eigenvalue weighted by Gasteiger charge is -2.35. The zero-order valence-electron chi connectivity index (χ0n) is 15.6. The number of carboxylic acid groups (broad SMARTS) is 1. The summed E-state index contributed by atoms with van der Waals surface area (Å²) in [4.78, 5) is 24.0. The Balaban J connectivity index is 1.53. The summed E-state index contributed by atoms with van der Waals surface area (Å²) in [5.41, 5.74) is -0.794. The van der Waals surface area contributed by atoms with E-state index in [0.717, 1.165) is 12.1 Å². The van der Waals surface area contributed by atoms with Crippen LogP contribution in [0.1, 0.15) is 47.2 Å². The first-order valence-corrected chi connectivity index (χ1v) is 9.32. The molecular formula is C21H17F4NO4.